The molecule has 6 nitrogen and oxygen atoms in total. The Kier molecular flexibility index (Phi) is 2.32. The molecular weight excluding hydrogens is 208 g/mol. The molecule has 1 aromatic heterocycles. The summed E-state index contributed by atoms with van der Waals surface area (Å²) in [5, 5.41) is 14.7. The number of nitrogens with zero attached hydrogens (tertiary/aromatic N) is 3. The van der Waals surface area contributed by atoms with Gasteiger partial charge in [0.15, 0.2) is 0 Å². The molecule has 0 aliphatic carbocycles. The lowest BCUT2D eigenvalue weighted by Gasteiger charge is -1.97. The van der Waals surface area contributed by atoms with Crippen molar-refractivity contribution < 1.29 is 4.92 Å². The van der Waals surface area contributed by atoms with E-state index in [0.29, 0.717) is 11.4 Å². The Labute approximate surface area is 91.5 Å². The van der Waals surface area contributed by atoms with Crippen molar-refractivity contribution in [2.24, 2.45) is 7.05 Å². The molecule has 0 amide bonds. The van der Waals surface area contributed by atoms with E-state index in [1.807, 2.05) is 0 Å². The van der Waals surface area contributed by atoms with Gasteiger partial charge in [-0.25, -0.2) is 0 Å². The number of nitrogen functional groups attached to an aromatic ring is 1. The van der Waals surface area contributed by atoms with Gasteiger partial charge in [-0.15, -0.1) is 0 Å². The summed E-state index contributed by atoms with van der Waals surface area (Å²) >= 11 is 0. The van der Waals surface area contributed by atoms with Crippen molar-refractivity contribution in [3.8, 4) is 11.3 Å². The predicted molar refractivity (Wildman–Crippen MR) is 59.7 cm³/mol. The van der Waals surface area contributed by atoms with E-state index in [1.165, 1.54) is 12.1 Å². The van der Waals surface area contributed by atoms with Gasteiger partial charge in [-0.3, -0.25) is 14.8 Å². The molecule has 0 saturated heterocycles. The number of aryl methyl sites for hydroxylation is 1. The summed E-state index contributed by atoms with van der Waals surface area (Å²) in [5.41, 5.74) is 7.76. The second kappa shape index (κ2) is 3.65. The van der Waals surface area contributed by atoms with Gasteiger partial charge in [0.05, 0.1) is 10.6 Å². The summed E-state index contributed by atoms with van der Waals surface area (Å²) in [6, 6.07) is 6.14. The van der Waals surface area contributed by atoms with E-state index in [4.69, 9.17) is 5.73 Å². The highest BCUT2D eigenvalue weighted by atomic mass is 16.6. The molecule has 1 aromatic carbocycles. The monoisotopic (exact) mass is 218 g/mol. The molecule has 0 atom stereocenters. The fraction of sp³-hybridized carbons (Fsp3) is 0.100. The Bertz CT molecular complexity index is 530. The second-order valence-electron chi connectivity index (χ2n) is 3.41. The highest BCUT2D eigenvalue weighted by Crippen LogP contribution is 2.25. The van der Waals surface area contributed by atoms with Crippen molar-refractivity contribution in [2.75, 3.05) is 5.73 Å². The van der Waals surface area contributed by atoms with E-state index < -0.39 is 4.92 Å². The zero-order valence-electron chi connectivity index (χ0n) is 8.62. The molecule has 2 rings (SSSR count). The molecule has 16 heavy (non-hydrogen) atoms. The molecule has 2 aromatic rings. The van der Waals surface area contributed by atoms with Crippen LogP contribution in [0.2, 0.25) is 0 Å². The topological polar surface area (TPSA) is 87.0 Å². The fourth-order valence-electron chi connectivity index (χ4n) is 1.47. The smallest absolute Gasteiger partial charge is 0.269 e. The van der Waals surface area contributed by atoms with Gasteiger partial charge in [-0.2, -0.15) is 5.10 Å². The van der Waals surface area contributed by atoms with Crippen LogP contribution >= 0.6 is 0 Å². The minimum Gasteiger partial charge on any atom is -0.396 e. The maximum atomic E-state index is 10.5. The highest BCUT2D eigenvalue weighted by Gasteiger charge is 2.09. The number of nitrogens with two attached hydrogens (primary N) is 1. The van der Waals surface area contributed by atoms with Crippen LogP contribution in [0.15, 0.2) is 30.5 Å². The Balaban J connectivity index is 2.42. The summed E-state index contributed by atoms with van der Waals surface area (Å²) in [6.45, 7) is 0. The van der Waals surface area contributed by atoms with E-state index in [1.54, 1.807) is 30.1 Å². The number of anilines is 1. The summed E-state index contributed by atoms with van der Waals surface area (Å²) in [7, 11) is 1.77. The molecule has 6 heteroatoms. The lowest BCUT2D eigenvalue weighted by Crippen LogP contribution is -1.90. The largest absolute Gasteiger partial charge is 0.396 e. The Hall–Kier alpha value is -2.37. The number of rotatable bonds is 2. The molecule has 0 bridgehead atoms. The molecule has 82 valence electrons. The first-order valence-electron chi connectivity index (χ1n) is 4.62. The van der Waals surface area contributed by atoms with Crippen molar-refractivity contribution in [1.82, 2.24) is 9.78 Å². The predicted octanol–water partition coefficient (Wildman–Crippen LogP) is 1.58. The number of nitro benzene ring substituents is 1. The summed E-state index contributed by atoms with van der Waals surface area (Å²) in [6.07, 6.45) is 1.69. The molecule has 0 fully saturated rings. The van der Waals surface area contributed by atoms with Crippen LogP contribution < -0.4 is 5.73 Å². The molecule has 0 aliphatic rings. The van der Waals surface area contributed by atoms with Gasteiger partial charge < -0.3 is 5.73 Å². The molecule has 0 spiro atoms. The summed E-state index contributed by atoms with van der Waals surface area (Å²) in [4.78, 5) is 10.0. The first kappa shape index (κ1) is 10.2. The minimum absolute atomic E-state index is 0.0539. The van der Waals surface area contributed by atoms with Crippen LogP contribution in [0, 0.1) is 10.1 Å². The van der Waals surface area contributed by atoms with Crippen LogP contribution in [0.3, 0.4) is 0 Å². The third kappa shape index (κ3) is 1.72. The molecular formula is C10H10N4O2. The number of hydrogen-bond acceptors (Lipinski definition) is 4. The maximum Gasteiger partial charge on any atom is 0.269 e. The van der Waals surface area contributed by atoms with Crippen molar-refractivity contribution in [1.29, 1.82) is 0 Å². The summed E-state index contributed by atoms with van der Waals surface area (Å²) in [5.74, 6) is 0. The number of non-ortho nitro benzene ring substituents is 1. The van der Waals surface area contributed by atoms with E-state index in [9.17, 15) is 10.1 Å². The molecule has 2 N–H and O–H groups in total. The lowest BCUT2D eigenvalue weighted by atomic mass is 10.1. The van der Waals surface area contributed by atoms with Crippen LogP contribution in [0.1, 0.15) is 0 Å². The SMILES string of the molecule is Cn1cc(N)c(-c2ccc([N+](=O)[O-])cc2)n1. The molecule has 0 saturated carbocycles. The number of benzene rings is 1. The van der Waals surface area contributed by atoms with Gasteiger partial charge >= 0.3 is 0 Å². The Morgan fingerprint density at radius 3 is 2.44 bits per heavy atom. The van der Waals surface area contributed by atoms with Gasteiger partial charge in [-0.05, 0) is 12.1 Å². The first-order chi connectivity index (χ1) is 7.58. The third-order valence-electron chi connectivity index (χ3n) is 2.21. The quantitative estimate of drug-likeness (QED) is 0.612. The number of aromatic nitrogens is 2. The number of nitro groups is 1. The number of hydrogen-bond donors (Lipinski definition) is 1. The molecule has 0 unspecified atom stereocenters. The zero-order valence-corrected chi connectivity index (χ0v) is 8.62. The van der Waals surface area contributed by atoms with Crippen LogP contribution in [0.4, 0.5) is 11.4 Å². The summed E-state index contributed by atoms with van der Waals surface area (Å²) < 4.78 is 1.60. The van der Waals surface area contributed by atoms with Gasteiger partial charge in [0.25, 0.3) is 5.69 Å². The average Bonchev–Trinajstić information content (AvgIpc) is 2.58. The van der Waals surface area contributed by atoms with Gasteiger partial charge in [0, 0.05) is 30.9 Å². The van der Waals surface area contributed by atoms with Crippen molar-refractivity contribution in [3.05, 3.63) is 40.6 Å². The normalized spacial score (nSPS) is 10.3. The Morgan fingerprint density at radius 1 is 1.38 bits per heavy atom. The van der Waals surface area contributed by atoms with Crippen LogP contribution in [-0.4, -0.2) is 14.7 Å². The lowest BCUT2D eigenvalue weighted by molar-refractivity contribution is -0.384. The zero-order chi connectivity index (χ0) is 11.7. The van der Waals surface area contributed by atoms with Gasteiger partial charge in [-0.1, -0.05) is 0 Å². The molecule has 0 aliphatic heterocycles. The van der Waals surface area contributed by atoms with Crippen LogP contribution in [0.5, 0.6) is 0 Å². The van der Waals surface area contributed by atoms with E-state index in [-0.39, 0.29) is 5.69 Å². The standard InChI is InChI=1S/C10H10N4O2/c1-13-6-9(11)10(12-13)7-2-4-8(5-3-7)14(15)16/h2-6H,11H2,1H3. The van der Waals surface area contributed by atoms with Crippen molar-refractivity contribution in [2.45, 2.75) is 0 Å². The Morgan fingerprint density at radius 2 is 2.00 bits per heavy atom. The maximum absolute atomic E-state index is 10.5. The minimum atomic E-state index is -0.439. The van der Waals surface area contributed by atoms with Gasteiger partial charge in [0.2, 0.25) is 0 Å². The molecule has 1 heterocycles. The van der Waals surface area contributed by atoms with Crippen molar-refractivity contribution in [3.63, 3.8) is 0 Å². The highest BCUT2D eigenvalue weighted by molar-refractivity contribution is 5.72. The van der Waals surface area contributed by atoms with Crippen LogP contribution in [-0.2, 0) is 7.05 Å². The first-order valence-corrected chi connectivity index (χ1v) is 4.62. The van der Waals surface area contributed by atoms with Gasteiger partial charge in [0.1, 0.15) is 5.69 Å². The van der Waals surface area contributed by atoms with Crippen molar-refractivity contribution >= 4 is 11.4 Å². The second-order valence-corrected chi connectivity index (χ2v) is 3.41. The van der Waals surface area contributed by atoms with E-state index in [2.05, 4.69) is 5.10 Å². The van der Waals surface area contributed by atoms with E-state index >= 15 is 0 Å². The third-order valence-corrected chi connectivity index (χ3v) is 2.21. The fourth-order valence-corrected chi connectivity index (χ4v) is 1.47. The molecule has 0 radical (unpaired) electrons. The van der Waals surface area contributed by atoms with Crippen LogP contribution in [0.25, 0.3) is 11.3 Å². The average molecular weight is 218 g/mol. The van der Waals surface area contributed by atoms with E-state index in [0.717, 1.165) is 5.56 Å².